The smallest absolute Gasteiger partial charge is 0.310 e. The van der Waals surface area contributed by atoms with Gasteiger partial charge in [-0.3, -0.25) is 4.79 Å². The largest absolute Gasteiger partial charge is 0.455 e. The molecule has 0 bridgehead atoms. The van der Waals surface area contributed by atoms with Crippen LogP contribution in [0.1, 0.15) is 17.2 Å². The summed E-state index contributed by atoms with van der Waals surface area (Å²) in [6, 6.07) is 7.93. The predicted octanol–water partition coefficient (Wildman–Crippen LogP) is 5.00. The average molecular weight is 411 g/mol. The lowest BCUT2D eigenvalue weighted by atomic mass is 10.1. The van der Waals surface area contributed by atoms with Gasteiger partial charge in [-0.25, -0.2) is 13.8 Å². The number of aromatic nitrogens is 2. The van der Waals surface area contributed by atoms with Crippen LogP contribution < -0.4 is 0 Å². The summed E-state index contributed by atoms with van der Waals surface area (Å²) in [4.78, 5) is 16.3. The van der Waals surface area contributed by atoms with Gasteiger partial charge in [0.15, 0.2) is 0 Å². The number of carbonyl (C=O) groups excluding carboxylic acids is 1. The van der Waals surface area contributed by atoms with Crippen LogP contribution in [0.4, 0.5) is 8.78 Å². The van der Waals surface area contributed by atoms with Crippen molar-refractivity contribution in [3.8, 4) is 0 Å². The third-order valence-corrected chi connectivity index (χ3v) is 4.59. The van der Waals surface area contributed by atoms with E-state index in [1.807, 2.05) is 0 Å². The summed E-state index contributed by atoms with van der Waals surface area (Å²) in [5.74, 6) is -2.08. The van der Waals surface area contributed by atoms with E-state index >= 15 is 0 Å². The minimum absolute atomic E-state index is 0.0693. The van der Waals surface area contributed by atoms with Crippen molar-refractivity contribution in [3.63, 3.8) is 0 Å². The van der Waals surface area contributed by atoms with Crippen molar-refractivity contribution in [2.75, 3.05) is 0 Å². The number of rotatable bonds is 6. The summed E-state index contributed by atoms with van der Waals surface area (Å²) in [6.45, 7) is 0.135. The Morgan fingerprint density at radius 2 is 1.96 bits per heavy atom. The Morgan fingerprint density at radius 3 is 2.63 bits per heavy atom. The fourth-order valence-corrected chi connectivity index (χ4v) is 2.89. The number of ether oxygens (including phenoxy) is 1. The molecule has 3 aromatic rings. The molecule has 0 aliphatic carbocycles. The summed E-state index contributed by atoms with van der Waals surface area (Å²) in [7, 11) is 0. The van der Waals surface area contributed by atoms with Gasteiger partial charge in [0.25, 0.3) is 0 Å². The number of esters is 1. The lowest BCUT2D eigenvalue weighted by Gasteiger charge is -2.19. The van der Waals surface area contributed by atoms with Gasteiger partial charge in [0.2, 0.25) is 0 Å². The second-order valence-corrected chi connectivity index (χ2v) is 6.64. The highest BCUT2D eigenvalue weighted by Gasteiger charge is 2.22. The number of nitrogens with zero attached hydrogens (tertiary/aromatic N) is 2. The molecule has 1 atom stereocenters. The number of halogens is 4. The maximum Gasteiger partial charge on any atom is 0.310 e. The standard InChI is InChI=1S/C19H14Cl2F2N2O2/c20-15-4-1-12(7-16(15)21)8-19(26)27-18(10-25-6-5-24-11-25)14-3-2-13(22)9-17(14)23/h1-7,9,11,18H,8,10H2. The topological polar surface area (TPSA) is 44.1 Å². The van der Waals surface area contributed by atoms with Gasteiger partial charge in [-0.05, 0) is 29.8 Å². The Balaban J connectivity index is 1.79. The molecule has 1 aromatic heterocycles. The van der Waals surface area contributed by atoms with Crippen LogP contribution in [0.5, 0.6) is 0 Å². The molecule has 0 spiro atoms. The Hall–Kier alpha value is -2.44. The zero-order valence-electron chi connectivity index (χ0n) is 13.9. The molecule has 2 aromatic carbocycles. The number of carbonyl (C=O) groups is 1. The van der Waals surface area contributed by atoms with Crippen molar-refractivity contribution >= 4 is 29.2 Å². The summed E-state index contributed by atoms with van der Waals surface area (Å²) in [5.41, 5.74) is 0.683. The molecule has 0 saturated carbocycles. The minimum Gasteiger partial charge on any atom is -0.455 e. The Labute approximate surface area is 164 Å². The van der Waals surface area contributed by atoms with Gasteiger partial charge >= 0.3 is 5.97 Å². The maximum absolute atomic E-state index is 14.2. The van der Waals surface area contributed by atoms with Crippen molar-refractivity contribution in [1.29, 1.82) is 0 Å². The molecule has 140 valence electrons. The summed E-state index contributed by atoms with van der Waals surface area (Å²) in [5, 5.41) is 0.696. The van der Waals surface area contributed by atoms with E-state index in [9.17, 15) is 13.6 Å². The molecule has 0 radical (unpaired) electrons. The second kappa shape index (κ2) is 8.50. The predicted molar refractivity (Wildman–Crippen MR) is 97.6 cm³/mol. The van der Waals surface area contributed by atoms with Gasteiger partial charge in [-0.1, -0.05) is 29.3 Å². The molecule has 0 saturated heterocycles. The van der Waals surface area contributed by atoms with Crippen LogP contribution in [0.15, 0.2) is 55.1 Å². The number of imidazole rings is 1. The SMILES string of the molecule is O=C(Cc1ccc(Cl)c(Cl)c1)OC(Cn1ccnc1)c1ccc(F)cc1F. The fraction of sp³-hybridized carbons (Fsp3) is 0.158. The summed E-state index contributed by atoms with van der Waals surface area (Å²) < 4.78 is 34.6. The molecule has 0 N–H and O–H groups in total. The first-order valence-electron chi connectivity index (χ1n) is 7.96. The van der Waals surface area contributed by atoms with Gasteiger partial charge < -0.3 is 9.30 Å². The summed E-state index contributed by atoms with van der Waals surface area (Å²) >= 11 is 11.8. The quantitative estimate of drug-likeness (QED) is 0.537. The molecule has 1 heterocycles. The Bertz CT molecular complexity index is 949. The third-order valence-electron chi connectivity index (χ3n) is 3.85. The van der Waals surface area contributed by atoms with Crippen LogP contribution in [0.2, 0.25) is 10.0 Å². The molecule has 0 fully saturated rings. The molecule has 3 rings (SSSR count). The molecular weight excluding hydrogens is 397 g/mol. The lowest BCUT2D eigenvalue weighted by molar-refractivity contribution is -0.149. The molecule has 27 heavy (non-hydrogen) atoms. The van der Waals surface area contributed by atoms with Gasteiger partial charge in [-0.15, -0.1) is 0 Å². The van der Waals surface area contributed by atoms with E-state index in [0.29, 0.717) is 15.6 Å². The number of hydrogen-bond acceptors (Lipinski definition) is 3. The fourth-order valence-electron chi connectivity index (χ4n) is 2.56. The highest BCUT2D eigenvalue weighted by Crippen LogP contribution is 2.26. The first-order chi connectivity index (χ1) is 12.9. The number of hydrogen-bond donors (Lipinski definition) is 0. The van der Waals surface area contributed by atoms with E-state index in [2.05, 4.69) is 4.98 Å². The van der Waals surface area contributed by atoms with E-state index < -0.39 is 23.7 Å². The molecule has 8 heteroatoms. The van der Waals surface area contributed by atoms with Crippen LogP contribution >= 0.6 is 23.2 Å². The van der Waals surface area contributed by atoms with Gasteiger partial charge in [0.1, 0.15) is 17.7 Å². The monoisotopic (exact) mass is 410 g/mol. The molecule has 0 aliphatic rings. The van der Waals surface area contributed by atoms with Gasteiger partial charge in [0, 0.05) is 24.0 Å². The van der Waals surface area contributed by atoms with Crippen LogP contribution in [0.3, 0.4) is 0 Å². The zero-order valence-corrected chi connectivity index (χ0v) is 15.4. The third kappa shape index (κ3) is 5.05. The van der Waals surface area contributed by atoms with Crippen molar-refractivity contribution in [2.45, 2.75) is 19.1 Å². The van der Waals surface area contributed by atoms with Crippen LogP contribution in [-0.4, -0.2) is 15.5 Å². The zero-order chi connectivity index (χ0) is 19.4. The number of benzene rings is 2. The van der Waals surface area contributed by atoms with Crippen molar-refractivity contribution in [1.82, 2.24) is 9.55 Å². The Kier molecular flexibility index (Phi) is 6.08. The van der Waals surface area contributed by atoms with Crippen molar-refractivity contribution < 1.29 is 18.3 Å². The van der Waals surface area contributed by atoms with E-state index in [0.717, 1.165) is 12.1 Å². The molecule has 0 aliphatic heterocycles. The molecule has 0 amide bonds. The normalized spacial score (nSPS) is 12.0. The minimum atomic E-state index is -0.949. The maximum atomic E-state index is 14.2. The van der Waals surface area contributed by atoms with Crippen LogP contribution in [0.25, 0.3) is 0 Å². The van der Waals surface area contributed by atoms with Crippen LogP contribution in [0, 0.1) is 11.6 Å². The van der Waals surface area contributed by atoms with Gasteiger partial charge in [-0.2, -0.15) is 0 Å². The first kappa shape index (κ1) is 19.3. The van der Waals surface area contributed by atoms with E-state index in [1.54, 1.807) is 35.2 Å². The van der Waals surface area contributed by atoms with E-state index in [-0.39, 0.29) is 18.5 Å². The van der Waals surface area contributed by atoms with E-state index in [1.165, 1.54) is 12.4 Å². The van der Waals surface area contributed by atoms with Crippen molar-refractivity contribution in [3.05, 3.63) is 87.9 Å². The highest BCUT2D eigenvalue weighted by atomic mass is 35.5. The van der Waals surface area contributed by atoms with E-state index in [4.69, 9.17) is 27.9 Å². The summed E-state index contributed by atoms with van der Waals surface area (Å²) in [6.07, 6.45) is 3.70. The van der Waals surface area contributed by atoms with Crippen LogP contribution in [-0.2, 0) is 22.5 Å². The molecule has 1 unspecified atom stereocenters. The second-order valence-electron chi connectivity index (χ2n) is 5.83. The first-order valence-corrected chi connectivity index (χ1v) is 8.72. The molecule has 4 nitrogen and oxygen atoms in total. The lowest BCUT2D eigenvalue weighted by Crippen LogP contribution is -2.19. The molecular formula is C19H14Cl2F2N2O2. The highest BCUT2D eigenvalue weighted by molar-refractivity contribution is 6.42. The Morgan fingerprint density at radius 1 is 1.15 bits per heavy atom. The van der Waals surface area contributed by atoms with Gasteiger partial charge in [0.05, 0.1) is 29.3 Å². The van der Waals surface area contributed by atoms with Crippen molar-refractivity contribution in [2.24, 2.45) is 0 Å². The average Bonchev–Trinajstić information content (AvgIpc) is 3.11.